The van der Waals surface area contributed by atoms with Crippen molar-refractivity contribution in [3.05, 3.63) is 0 Å². The molecule has 0 aromatic heterocycles. The first-order valence-electron chi connectivity index (χ1n) is 4.34. The van der Waals surface area contributed by atoms with E-state index in [1.54, 1.807) is 0 Å². The lowest BCUT2D eigenvalue weighted by Crippen LogP contribution is -2.25. The molecule has 68 valence electrons. The third-order valence-corrected chi connectivity index (χ3v) is 3.03. The first-order valence-corrected chi connectivity index (χ1v) is 4.97. The number of hydrogen-bond donors (Lipinski definition) is 1. The standard InChI is InChI=1S/C8H14N2OS/c1-10-6-2-3-8(10)7(4-6)9-11-5-12/h6,8,12H,2-5H2,1H3/b9-7-. The first kappa shape index (κ1) is 8.38. The molecule has 2 rings (SSSR count). The average Bonchev–Trinajstić information content (AvgIpc) is 2.58. The molecule has 0 N–H and O–H groups in total. The molecule has 0 radical (unpaired) electrons. The van der Waals surface area contributed by atoms with Crippen LogP contribution in [0.25, 0.3) is 0 Å². The van der Waals surface area contributed by atoms with Gasteiger partial charge in [-0.1, -0.05) is 5.16 Å². The van der Waals surface area contributed by atoms with Crippen molar-refractivity contribution in [3.8, 4) is 0 Å². The predicted octanol–water partition coefficient (Wildman–Crippen LogP) is 1.11. The lowest BCUT2D eigenvalue weighted by molar-refractivity contribution is 0.195. The normalized spacial score (nSPS) is 38.0. The van der Waals surface area contributed by atoms with Crippen molar-refractivity contribution in [2.45, 2.75) is 31.3 Å². The van der Waals surface area contributed by atoms with Gasteiger partial charge in [0.25, 0.3) is 0 Å². The van der Waals surface area contributed by atoms with Crippen LogP contribution < -0.4 is 0 Å². The van der Waals surface area contributed by atoms with Crippen LogP contribution in [0.3, 0.4) is 0 Å². The molecule has 0 saturated carbocycles. The van der Waals surface area contributed by atoms with Crippen LogP contribution in [0.2, 0.25) is 0 Å². The number of fused-ring (bicyclic) bond motifs is 2. The number of oxime groups is 1. The van der Waals surface area contributed by atoms with Crippen LogP contribution in [0.1, 0.15) is 19.3 Å². The fourth-order valence-corrected chi connectivity index (χ4v) is 2.30. The van der Waals surface area contributed by atoms with Crippen LogP contribution in [0.5, 0.6) is 0 Å². The quantitative estimate of drug-likeness (QED) is 0.397. The van der Waals surface area contributed by atoms with Crippen molar-refractivity contribution < 1.29 is 4.84 Å². The molecule has 4 heteroatoms. The molecule has 2 unspecified atom stereocenters. The molecule has 12 heavy (non-hydrogen) atoms. The second-order valence-corrected chi connectivity index (χ2v) is 3.72. The number of hydrogen-bond acceptors (Lipinski definition) is 4. The van der Waals surface area contributed by atoms with Gasteiger partial charge in [-0.05, 0) is 19.9 Å². The van der Waals surface area contributed by atoms with E-state index in [1.165, 1.54) is 18.6 Å². The smallest absolute Gasteiger partial charge is 0.160 e. The van der Waals surface area contributed by atoms with Crippen LogP contribution in [-0.4, -0.2) is 35.7 Å². The van der Waals surface area contributed by atoms with Crippen molar-refractivity contribution in [1.29, 1.82) is 0 Å². The average molecular weight is 186 g/mol. The van der Waals surface area contributed by atoms with Gasteiger partial charge in [0.2, 0.25) is 0 Å². The van der Waals surface area contributed by atoms with Crippen molar-refractivity contribution in [2.75, 3.05) is 13.0 Å². The molecule has 0 aromatic carbocycles. The van der Waals surface area contributed by atoms with E-state index in [4.69, 9.17) is 4.84 Å². The Hall–Kier alpha value is -0.220. The molecule has 2 aliphatic heterocycles. The molecule has 2 atom stereocenters. The molecular weight excluding hydrogens is 172 g/mol. The third kappa shape index (κ3) is 1.23. The zero-order valence-corrected chi connectivity index (χ0v) is 8.13. The van der Waals surface area contributed by atoms with E-state index in [0.717, 1.165) is 12.5 Å². The summed E-state index contributed by atoms with van der Waals surface area (Å²) in [5.74, 6) is 0.380. The molecule has 0 amide bonds. The van der Waals surface area contributed by atoms with Gasteiger partial charge < -0.3 is 4.84 Å². The predicted molar refractivity (Wildman–Crippen MR) is 51.6 cm³/mol. The highest BCUT2D eigenvalue weighted by molar-refractivity contribution is 7.80. The zero-order chi connectivity index (χ0) is 8.55. The van der Waals surface area contributed by atoms with Gasteiger partial charge in [-0.2, -0.15) is 0 Å². The van der Waals surface area contributed by atoms with E-state index in [1.807, 2.05) is 0 Å². The van der Waals surface area contributed by atoms with Crippen molar-refractivity contribution in [1.82, 2.24) is 4.90 Å². The van der Waals surface area contributed by atoms with Gasteiger partial charge in [0.15, 0.2) is 5.94 Å². The van der Waals surface area contributed by atoms with Crippen molar-refractivity contribution in [3.63, 3.8) is 0 Å². The van der Waals surface area contributed by atoms with E-state index in [2.05, 4.69) is 29.7 Å². The minimum atomic E-state index is 0.380. The largest absolute Gasteiger partial charge is 0.385 e. The van der Waals surface area contributed by atoms with Crippen molar-refractivity contribution in [2.24, 2.45) is 5.16 Å². The maximum Gasteiger partial charge on any atom is 0.160 e. The Balaban J connectivity index is 2.03. The topological polar surface area (TPSA) is 24.8 Å². The van der Waals surface area contributed by atoms with E-state index in [0.29, 0.717) is 12.0 Å². The van der Waals surface area contributed by atoms with Gasteiger partial charge in [0, 0.05) is 12.5 Å². The summed E-state index contributed by atoms with van der Waals surface area (Å²) in [5, 5.41) is 4.07. The van der Waals surface area contributed by atoms with E-state index in [9.17, 15) is 0 Å². The lowest BCUT2D eigenvalue weighted by Gasteiger charge is -2.12. The minimum Gasteiger partial charge on any atom is -0.385 e. The maximum absolute atomic E-state index is 4.94. The first-order chi connectivity index (χ1) is 5.83. The Morgan fingerprint density at radius 3 is 3.00 bits per heavy atom. The second-order valence-electron chi connectivity index (χ2n) is 3.46. The lowest BCUT2D eigenvalue weighted by atomic mass is 9.99. The molecule has 0 aromatic rings. The fraction of sp³-hybridized carbons (Fsp3) is 0.875. The van der Waals surface area contributed by atoms with Gasteiger partial charge in [-0.3, -0.25) is 4.90 Å². The molecule has 2 aliphatic rings. The second kappa shape index (κ2) is 3.26. The highest BCUT2D eigenvalue weighted by atomic mass is 32.1. The molecule has 0 aliphatic carbocycles. The summed E-state index contributed by atoms with van der Waals surface area (Å²) >= 11 is 3.94. The SMILES string of the molecule is CN1C2CCC1/C(=N\OCS)C2. The molecule has 0 spiro atoms. The third-order valence-electron chi connectivity index (χ3n) is 2.91. The molecule has 2 fully saturated rings. The van der Waals surface area contributed by atoms with Gasteiger partial charge in [-0.25, -0.2) is 0 Å². The van der Waals surface area contributed by atoms with Gasteiger partial charge >= 0.3 is 0 Å². The van der Waals surface area contributed by atoms with E-state index >= 15 is 0 Å². The molecular formula is C8H14N2OS. The summed E-state index contributed by atoms with van der Waals surface area (Å²) in [6, 6.07) is 1.27. The van der Waals surface area contributed by atoms with Crippen LogP contribution in [0.15, 0.2) is 5.16 Å². The maximum atomic E-state index is 4.94. The van der Waals surface area contributed by atoms with Crippen molar-refractivity contribution >= 4 is 18.3 Å². The molecule has 3 nitrogen and oxygen atoms in total. The Labute approximate surface area is 78.2 Å². The number of nitrogens with zero attached hydrogens (tertiary/aromatic N) is 2. The highest BCUT2D eigenvalue weighted by Gasteiger charge is 2.41. The highest BCUT2D eigenvalue weighted by Crippen LogP contribution is 2.34. The van der Waals surface area contributed by atoms with Crippen LogP contribution in [-0.2, 0) is 4.84 Å². The Kier molecular flexibility index (Phi) is 2.28. The van der Waals surface area contributed by atoms with E-state index < -0.39 is 0 Å². The summed E-state index contributed by atoms with van der Waals surface area (Å²) in [7, 11) is 2.17. The summed E-state index contributed by atoms with van der Waals surface area (Å²) in [6.07, 6.45) is 3.66. The van der Waals surface area contributed by atoms with E-state index in [-0.39, 0.29) is 0 Å². The Morgan fingerprint density at radius 1 is 1.67 bits per heavy atom. The van der Waals surface area contributed by atoms with Gasteiger partial charge in [0.1, 0.15) is 0 Å². The summed E-state index contributed by atoms with van der Waals surface area (Å²) in [5.41, 5.74) is 1.21. The minimum absolute atomic E-state index is 0.380. The molecule has 2 bridgehead atoms. The monoisotopic (exact) mass is 186 g/mol. The molecule has 2 saturated heterocycles. The fourth-order valence-electron chi connectivity index (χ4n) is 2.25. The van der Waals surface area contributed by atoms with Crippen LogP contribution in [0, 0.1) is 0 Å². The number of rotatable bonds is 2. The zero-order valence-electron chi connectivity index (χ0n) is 7.23. The Bertz CT molecular complexity index is 207. The Morgan fingerprint density at radius 2 is 2.50 bits per heavy atom. The van der Waals surface area contributed by atoms with Crippen LogP contribution in [0.4, 0.5) is 0 Å². The molecule has 2 heterocycles. The van der Waals surface area contributed by atoms with Crippen LogP contribution >= 0.6 is 12.6 Å². The number of thiol groups is 1. The summed E-state index contributed by atoms with van der Waals surface area (Å²) in [6.45, 7) is 0. The van der Waals surface area contributed by atoms with Gasteiger partial charge in [0.05, 0.1) is 11.8 Å². The summed E-state index contributed by atoms with van der Waals surface area (Å²) < 4.78 is 0. The summed E-state index contributed by atoms with van der Waals surface area (Å²) in [4.78, 5) is 7.35. The van der Waals surface area contributed by atoms with Gasteiger partial charge in [-0.15, -0.1) is 12.6 Å².